The second kappa shape index (κ2) is 10.7. The Kier molecular flexibility index (Phi) is 7.97. The number of carbonyl (C=O) groups excluding carboxylic acids is 1. The first-order valence-corrected chi connectivity index (χ1v) is 12.0. The number of benzene rings is 3. The minimum Gasteiger partial charge on any atom is -0.497 e. The van der Waals surface area contributed by atoms with Crippen molar-refractivity contribution in [3.8, 4) is 5.75 Å². The smallest absolute Gasteiger partial charge is 0.261 e. The number of ether oxygens (including phenoxy) is 1. The molecule has 0 saturated heterocycles. The van der Waals surface area contributed by atoms with Crippen LogP contribution in [-0.2, 0) is 10.0 Å². The van der Waals surface area contributed by atoms with Crippen molar-refractivity contribution in [1.29, 1.82) is 0 Å². The summed E-state index contributed by atoms with van der Waals surface area (Å²) in [4.78, 5) is 14.7. The van der Waals surface area contributed by atoms with E-state index in [1.54, 1.807) is 24.3 Å². The fraction of sp³-hybridized carbons (Fsp3) is 0.208. The van der Waals surface area contributed by atoms with Crippen molar-refractivity contribution in [2.45, 2.75) is 10.9 Å². The highest BCUT2D eigenvalue weighted by Gasteiger charge is 2.19. The van der Waals surface area contributed by atoms with E-state index in [4.69, 9.17) is 16.3 Å². The van der Waals surface area contributed by atoms with Crippen molar-refractivity contribution < 1.29 is 17.9 Å². The van der Waals surface area contributed by atoms with Crippen molar-refractivity contribution >= 4 is 33.2 Å². The van der Waals surface area contributed by atoms with E-state index in [0.29, 0.717) is 28.6 Å². The van der Waals surface area contributed by atoms with Gasteiger partial charge in [0.15, 0.2) is 0 Å². The van der Waals surface area contributed by atoms with Crippen LogP contribution in [0.15, 0.2) is 77.7 Å². The lowest BCUT2D eigenvalue weighted by Gasteiger charge is -2.26. The maximum Gasteiger partial charge on any atom is 0.261 e. The van der Waals surface area contributed by atoms with Gasteiger partial charge in [-0.05, 0) is 74.3 Å². The molecule has 33 heavy (non-hydrogen) atoms. The Morgan fingerprint density at radius 2 is 1.64 bits per heavy atom. The van der Waals surface area contributed by atoms with Gasteiger partial charge in [0, 0.05) is 22.8 Å². The monoisotopic (exact) mass is 487 g/mol. The Balaban J connectivity index is 1.67. The average Bonchev–Trinajstić information content (AvgIpc) is 2.80. The van der Waals surface area contributed by atoms with Crippen molar-refractivity contribution in [2.75, 3.05) is 32.5 Å². The third-order valence-electron chi connectivity index (χ3n) is 5.11. The molecular formula is C24H26ClN3O4S. The molecule has 3 rings (SSSR count). The zero-order valence-corrected chi connectivity index (χ0v) is 20.2. The predicted molar refractivity (Wildman–Crippen MR) is 130 cm³/mol. The normalized spacial score (nSPS) is 12.3. The molecule has 0 aliphatic carbocycles. The van der Waals surface area contributed by atoms with Crippen LogP contribution in [0.5, 0.6) is 5.75 Å². The number of nitrogens with zero attached hydrogens (tertiary/aromatic N) is 1. The summed E-state index contributed by atoms with van der Waals surface area (Å²) in [5.74, 6) is 0.320. The lowest BCUT2D eigenvalue weighted by Crippen LogP contribution is -2.34. The van der Waals surface area contributed by atoms with Gasteiger partial charge in [0.25, 0.3) is 15.9 Å². The Morgan fingerprint density at radius 1 is 1.00 bits per heavy atom. The minimum absolute atomic E-state index is 0.0529. The van der Waals surface area contributed by atoms with Gasteiger partial charge < -0.3 is 15.0 Å². The third-order valence-corrected chi connectivity index (χ3v) is 6.85. The van der Waals surface area contributed by atoms with Crippen LogP contribution in [0.2, 0.25) is 5.02 Å². The van der Waals surface area contributed by atoms with Gasteiger partial charge in [0.1, 0.15) is 5.75 Å². The first-order chi connectivity index (χ1) is 15.7. The number of anilines is 1. The summed E-state index contributed by atoms with van der Waals surface area (Å²) in [5.41, 5.74) is 1.68. The average molecular weight is 488 g/mol. The molecule has 0 aliphatic rings. The number of carbonyl (C=O) groups is 1. The Bertz CT molecular complexity index is 1200. The summed E-state index contributed by atoms with van der Waals surface area (Å²) in [6, 6.07) is 19.7. The Morgan fingerprint density at radius 3 is 2.21 bits per heavy atom. The molecule has 3 aromatic carbocycles. The quantitative estimate of drug-likeness (QED) is 0.472. The largest absolute Gasteiger partial charge is 0.497 e. The van der Waals surface area contributed by atoms with E-state index in [0.717, 1.165) is 5.56 Å². The first kappa shape index (κ1) is 24.6. The molecule has 1 amide bonds. The van der Waals surface area contributed by atoms with E-state index in [1.165, 1.54) is 31.4 Å². The Labute approximate surface area is 199 Å². The molecule has 0 saturated carbocycles. The molecule has 1 atom stereocenters. The van der Waals surface area contributed by atoms with Crippen LogP contribution >= 0.6 is 11.6 Å². The SMILES string of the molecule is COc1ccc(NS(=O)(=O)c2ccc(C(=O)NCC(c3ccccc3Cl)N(C)C)cc2)cc1. The topological polar surface area (TPSA) is 87.7 Å². The molecule has 0 radical (unpaired) electrons. The summed E-state index contributed by atoms with van der Waals surface area (Å²) < 4.78 is 32.9. The zero-order chi connectivity index (χ0) is 24.0. The van der Waals surface area contributed by atoms with Crippen LogP contribution in [0.25, 0.3) is 0 Å². The highest BCUT2D eigenvalue weighted by Crippen LogP contribution is 2.25. The summed E-state index contributed by atoms with van der Waals surface area (Å²) >= 11 is 6.32. The van der Waals surface area contributed by atoms with Gasteiger partial charge in [-0.3, -0.25) is 9.52 Å². The summed E-state index contributed by atoms with van der Waals surface area (Å²) in [7, 11) is 1.56. The molecule has 0 bridgehead atoms. The number of amides is 1. The fourth-order valence-electron chi connectivity index (χ4n) is 3.27. The fourth-order valence-corrected chi connectivity index (χ4v) is 4.59. The van der Waals surface area contributed by atoms with Crippen LogP contribution in [0.1, 0.15) is 22.0 Å². The number of rotatable bonds is 9. The highest BCUT2D eigenvalue weighted by atomic mass is 35.5. The number of methoxy groups -OCH3 is 1. The summed E-state index contributed by atoms with van der Waals surface area (Å²) in [6.07, 6.45) is 0. The lowest BCUT2D eigenvalue weighted by molar-refractivity contribution is 0.0942. The Hall–Kier alpha value is -3.07. The van der Waals surface area contributed by atoms with Gasteiger partial charge in [0.05, 0.1) is 18.0 Å². The van der Waals surface area contributed by atoms with Crippen LogP contribution < -0.4 is 14.8 Å². The van der Waals surface area contributed by atoms with Crippen LogP contribution in [0.4, 0.5) is 5.69 Å². The number of hydrogen-bond donors (Lipinski definition) is 2. The predicted octanol–water partition coefficient (Wildman–Crippen LogP) is 4.18. The van der Waals surface area contributed by atoms with Gasteiger partial charge in [-0.15, -0.1) is 0 Å². The maximum atomic E-state index is 12.7. The second-order valence-electron chi connectivity index (χ2n) is 7.57. The molecular weight excluding hydrogens is 462 g/mol. The van der Waals surface area contributed by atoms with Crippen LogP contribution in [0, 0.1) is 0 Å². The highest BCUT2D eigenvalue weighted by molar-refractivity contribution is 7.92. The molecule has 174 valence electrons. The van der Waals surface area contributed by atoms with Gasteiger partial charge in [-0.2, -0.15) is 0 Å². The molecule has 0 aliphatic heterocycles. The summed E-state index contributed by atoms with van der Waals surface area (Å²) in [5, 5.41) is 3.53. The van der Waals surface area contributed by atoms with Gasteiger partial charge in [-0.1, -0.05) is 29.8 Å². The number of hydrogen-bond acceptors (Lipinski definition) is 5. The van der Waals surface area contributed by atoms with Crippen molar-refractivity contribution in [1.82, 2.24) is 10.2 Å². The second-order valence-corrected chi connectivity index (χ2v) is 9.66. The lowest BCUT2D eigenvalue weighted by atomic mass is 10.1. The molecule has 1 unspecified atom stereocenters. The van der Waals surface area contributed by atoms with Crippen molar-refractivity contribution in [3.63, 3.8) is 0 Å². The molecule has 0 aromatic heterocycles. The number of sulfonamides is 1. The van der Waals surface area contributed by atoms with Gasteiger partial charge in [-0.25, -0.2) is 8.42 Å². The van der Waals surface area contributed by atoms with Crippen molar-refractivity contribution in [3.05, 3.63) is 88.9 Å². The summed E-state index contributed by atoms with van der Waals surface area (Å²) in [6.45, 7) is 0.342. The number of likely N-dealkylation sites (N-methyl/N-ethyl adjacent to an activating group) is 1. The molecule has 0 fully saturated rings. The van der Waals surface area contributed by atoms with E-state index in [9.17, 15) is 13.2 Å². The minimum atomic E-state index is -3.80. The van der Waals surface area contributed by atoms with Gasteiger partial charge >= 0.3 is 0 Å². The standard InChI is InChI=1S/C24H26ClN3O4S/c1-28(2)23(21-6-4-5-7-22(21)25)16-26-24(29)17-8-14-20(15-9-17)33(30,31)27-18-10-12-19(32-3)13-11-18/h4-15,23,27H,16H2,1-3H3,(H,26,29). The van der Waals surface area contributed by atoms with Crippen molar-refractivity contribution in [2.24, 2.45) is 0 Å². The molecule has 7 nitrogen and oxygen atoms in total. The van der Waals surface area contributed by atoms with E-state index >= 15 is 0 Å². The first-order valence-electron chi connectivity index (χ1n) is 10.2. The van der Waals surface area contributed by atoms with Crippen LogP contribution in [0.3, 0.4) is 0 Å². The van der Waals surface area contributed by atoms with E-state index < -0.39 is 10.0 Å². The molecule has 0 heterocycles. The third kappa shape index (κ3) is 6.25. The van der Waals surface area contributed by atoms with E-state index in [-0.39, 0.29) is 16.8 Å². The molecule has 0 spiro atoms. The van der Waals surface area contributed by atoms with E-state index in [2.05, 4.69) is 10.0 Å². The number of halogens is 1. The number of nitrogens with one attached hydrogen (secondary N) is 2. The van der Waals surface area contributed by atoms with Gasteiger partial charge in [0.2, 0.25) is 0 Å². The maximum absolute atomic E-state index is 12.7. The van der Waals surface area contributed by atoms with E-state index in [1.807, 2.05) is 43.3 Å². The molecule has 9 heteroatoms. The van der Waals surface area contributed by atoms with Crippen LogP contribution in [-0.4, -0.2) is 47.0 Å². The molecule has 2 N–H and O–H groups in total. The molecule has 3 aromatic rings. The zero-order valence-electron chi connectivity index (χ0n) is 18.6.